The van der Waals surface area contributed by atoms with E-state index in [1.807, 2.05) is 38.4 Å². The third kappa shape index (κ3) is 9.45. The summed E-state index contributed by atoms with van der Waals surface area (Å²) in [6.07, 6.45) is 5.53. The number of ether oxygens (including phenoxy) is 1. The van der Waals surface area contributed by atoms with Crippen molar-refractivity contribution in [3.63, 3.8) is 0 Å². The van der Waals surface area contributed by atoms with Gasteiger partial charge in [0.2, 0.25) is 0 Å². The van der Waals surface area contributed by atoms with Crippen molar-refractivity contribution in [3.05, 3.63) is 63.0 Å². The van der Waals surface area contributed by atoms with Gasteiger partial charge in [0, 0.05) is 48.4 Å². The number of hydrogen-bond acceptors (Lipinski definition) is 8. The van der Waals surface area contributed by atoms with E-state index >= 15 is 0 Å². The van der Waals surface area contributed by atoms with Crippen LogP contribution >= 0.6 is 35.1 Å². The SMILES string of the molecule is CN(C)CCN(CCOC(=O)Cc1ccccc1Nc1c(Cl)cccc1Cl)CC1(SN=O)CCCCC1. The van der Waals surface area contributed by atoms with Gasteiger partial charge in [-0.05, 0) is 50.7 Å². The molecule has 10 heteroatoms. The number of hydrogen-bond donors (Lipinski definition) is 1. The monoisotopic (exact) mass is 566 g/mol. The Morgan fingerprint density at radius 3 is 2.41 bits per heavy atom. The number of para-hydroxylation sites is 2. The Morgan fingerprint density at radius 2 is 1.73 bits per heavy atom. The summed E-state index contributed by atoms with van der Waals surface area (Å²) in [5.41, 5.74) is 2.14. The van der Waals surface area contributed by atoms with Crippen molar-refractivity contribution in [2.75, 3.05) is 52.2 Å². The Morgan fingerprint density at radius 1 is 1.03 bits per heavy atom. The predicted octanol–water partition coefficient (Wildman–Crippen LogP) is 6.80. The molecule has 0 radical (unpaired) electrons. The summed E-state index contributed by atoms with van der Waals surface area (Å²) in [7, 11) is 4.08. The van der Waals surface area contributed by atoms with E-state index in [1.54, 1.807) is 18.2 Å². The quantitative estimate of drug-likeness (QED) is 0.153. The molecule has 1 aliphatic carbocycles. The van der Waals surface area contributed by atoms with Crippen molar-refractivity contribution in [1.82, 2.24) is 9.80 Å². The van der Waals surface area contributed by atoms with Gasteiger partial charge in [-0.2, -0.15) is 0 Å². The minimum Gasteiger partial charge on any atom is -0.464 e. The van der Waals surface area contributed by atoms with Crippen molar-refractivity contribution in [2.45, 2.75) is 43.3 Å². The Kier molecular flexibility index (Phi) is 12.0. The lowest BCUT2D eigenvalue weighted by atomic mass is 9.88. The highest BCUT2D eigenvalue weighted by Crippen LogP contribution is 2.41. The third-order valence-corrected chi connectivity index (χ3v) is 8.25. The van der Waals surface area contributed by atoms with Crippen LogP contribution in [0.1, 0.15) is 37.7 Å². The number of nitrogens with zero attached hydrogens (tertiary/aromatic N) is 3. The van der Waals surface area contributed by atoms with Gasteiger partial charge in [-0.1, -0.05) is 66.7 Å². The molecule has 3 rings (SSSR count). The van der Waals surface area contributed by atoms with Gasteiger partial charge in [0.15, 0.2) is 0 Å². The van der Waals surface area contributed by atoms with E-state index in [2.05, 4.69) is 19.7 Å². The highest BCUT2D eigenvalue weighted by Gasteiger charge is 2.35. The van der Waals surface area contributed by atoms with E-state index in [0.29, 0.717) is 22.3 Å². The van der Waals surface area contributed by atoms with Crippen molar-refractivity contribution < 1.29 is 9.53 Å². The molecular weight excluding hydrogens is 531 g/mol. The van der Waals surface area contributed by atoms with Crippen LogP contribution in [-0.4, -0.2) is 67.4 Å². The van der Waals surface area contributed by atoms with Gasteiger partial charge in [0.25, 0.3) is 0 Å². The zero-order valence-electron chi connectivity index (χ0n) is 21.6. The van der Waals surface area contributed by atoms with Gasteiger partial charge < -0.3 is 15.0 Å². The largest absolute Gasteiger partial charge is 0.464 e. The molecule has 2 aromatic carbocycles. The molecule has 0 aromatic heterocycles. The van der Waals surface area contributed by atoms with Crippen LogP contribution in [0, 0.1) is 4.91 Å². The number of nitroso groups, excluding NO2 is 1. The van der Waals surface area contributed by atoms with Crippen molar-refractivity contribution >= 4 is 52.5 Å². The Hall–Kier alpha value is -1.84. The number of anilines is 2. The van der Waals surface area contributed by atoms with Crippen molar-refractivity contribution in [2.24, 2.45) is 4.58 Å². The molecule has 7 nitrogen and oxygen atoms in total. The molecule has 1 saturated carbocycles. The van der Waals surface area contributed by atoms with Crippen LogP contribution in [0.15, 0.2) is 47.0 Å². The minimum absolute atomic E-state index is 0.123. The molecule has 0 amide bonds. The zero-order chi connectivity index (χ0) is 26.7. The second kappa shape index (κ2) is 14.9. The van der Waals surface area contributed by atoms with E-state index < -0.39 is 0 Å². The van der Waals surface area contributed by atoms with Gasteiger partial charge in [0.1, 0.15) is 6.61 Å². The summed E-state index contributed by atoms with van der Waals surface area (Å²) < 4.78 is 8.71. The molecule has 0 atom stereocenters. The van der Waals surface area contributed by atoms with E-state index in [0.717, 1.165) is 56.6 Å². The van der Waals surface area contributed by atoms with Gasteiger partial charge in [-0.3, -0.25) is 9.69 Å². The highest BCUT2D eigenvalue weighted by molar-refractivity contribution is 7.99. The predicted molar refractivity (Wildman–Crippen MR) is 155 cm³/mol. The lowest BCUT2D eigenvalue weighted by Gasteiger charge is -2.38. The molecule has 37 heavy (non-hydrogen) atoms. The maximum absolute atomic E-state index is 12.8. The molecule has 202 valence electrons. The maximum atomic E-state index is 12.8. The smallest absolute Gasteiger partial charge is 0.310 e. The summed E-state index contributed by atoms with van der Waals surface area (Å²) >= 11 is 13.8. The number of rotatable bonds is 14. The maximum Gasteiger partial charge on any atom is 0.310 e. The molecule has 0 bridgehead atoms. The standard InChI is InChI=1S/C27H36Cl2N4O3S/c1-32(2)15-16-33(20-27(37-31-35)13-6-3-7-14-27)17-18-36-25(34)19-21-9-4-5-12-24(21)30-26-22(28)10-8-11-23(26)29/h4-5,8-12,30H,3,6-7,13-20H2,1-2H3. The Labute approximate surface area is 234 Å². The third-order valence-electron chi connectivity index (χ3n) is 6.62. The van der Waals surface area contributed by atoms with Crippen LogP contribution in [-0.2, 0) is 16.0 Å². The Bertz CT molecular complexity index is 1010. The first-order chi connectivity index (χ1) is 17.8. The number of carbonyl (C=O) groups excluding carboxylic acids is 1. The van der Waals surface area contributed by atoms with Crippen LogP contribution in [0.3, 0.4) is 0 Å². The fourth-order valence-corrected chi connectivity index (χ4v) is 5.98. The lowest BCUT2D eigenvalue weighted by Crippen LogP contribution is -2.45. The molecule has 1 fully saturated rings. The molecule has 1 aliphatic rings. The number of nitrogens with one attached hydrogen (secondary N) is 1. The fourth-order valence-electron chi connectivity index (χ4n) is 4.62. The number of esters is 1. The highest BCUT2D eigenvalue weighted by atomic mass is 35.5. The average Bonchev–Trinajstić information content (AvgIpc) is 2.86. The van der Waals surface area contributed by atoms with E-state index in [1.165, 1.54) is 18.4 Å². The van der Waals surface area contributed by atoms with Crippen molar-refractivity contribution in [3.8, 4) is 0 Å². The second-order valence-corrected chi connectivity index (χ2v) is 11.8. The molecule has 0 unspecified atom stereocenters. The second-order valence-electron chi connectivity index (χ2n) is 9.76. The average molecular weight is 568 g/mol. The van der Waals surface area contributed by atoms with Crippen LogP contribution in [0.25, 0.3) is 0 Å². The fraction of sp³-hybridized carbons (Fsp3) is 0.519. The van der Waals surface area contributed by atoms with Crippen LogP contribution < -0.4 is 5.32 Å². The molecule has 2 aromatic rings. The summed E-state index contributed by atoms with van der Waals surface area (Å²) in [5, 5.41) is 4.26. The van der Waals surface area contributed by atoms with Crippen LogP contribution in [0.2, 0.25) is 10.0 Å². The molecule has 0 aliphatic heterocycles. The van der Waals surface area contributed by atoms with E-state index in [9.17, 15) is 9.70 Å². The molecule has 0 spiro atoms. The Balaban J connectivity index is 1.59. The molecule has 0 saturated heterocycles. The van der Waals surface area contributed by atoms with E-state index in [-0.39, 0.29) is 23.7 Å². The first-order valence-electron chi connectivity index (χ1n) is 12.6. The van der Waals surface area contributed by atoms with Gasteiger partial charge in [-0.25, -0.2) is 0 Å². The molecule has 0 heterocycles. The summed E-state index contributed by atoms with van der Waals surface area (Å²) in [6, 6.07) is 12.8. The first kappa shape index (κ1) is 29.7. The number of carbonyl (C=O) groups is 1. The first-order valence-corrected chi connectivity index (χ1v) is 14.2. The van der Waals surface area contributed by atoms with Gasteiger partial charge >= 0.3 is 5.97 Å². The summed E-state index contributed by atoms with van der Waals surface area (Å²) in [4.78, 5) is 28.4. The van der Waals surface area contributed by atoms with Crippen molar-refractivity contribution in [1.29, 1.82) is 0 Å². The number of halogens is 2. The normalized spacial score (nSPS) is 15.1. The topological polar surface area (TPSA) is 74.2 Å². The van der Waals surface area contributed by atoms with Crippen LogP contribution in [0.5, 0.6) is 0 Å². The van der Waals surface area contributed by atoms with Gasteiger partial charge in [0.05, 0.1) is 26.9 Å². The van der Waals surface area contributed by atoms with E-state index in [4.69, 9.17) is 27.9 Å². The zero-order valence-corrected chi connectivity index (χ0v) is 23.9. The number of likely N-dealkylation sites (N-methyl/N-ethyl adjacent to an activating group) is 1. The summed E-state index contributed by atoms with van der Waals surface area (Å²) in [6.45, 7) is 3.37. The lowest BCUT2D eigenvalue weighted by molar-refractivity contribution is -0.143. The van der Waals surface area contributed by atoms with Crippen LogP contribution in [0.4, 0.5) is 11.4 Å². The summed E-state index contributed by atoms with van der Waals surface area (Å²) in [5.74, 6) is -0.302. The minimum atomic E-state index is -0.302. The number of benzene rings is 2. The molecular formula is C27H36Cl2N4O3S. The molecule has 1 N–H and O–H groups in total. The van der Waals surface area contributed by atoms with Gasteiger partial charge in [-0.15, -0.1) is 4.91 Å².